The van der Waals surface area contributed by atoms with Crippen molar-refractivity contribution in [2.45, 2.75) is 106 Å². The van der Waals surface area contributed by atoms with Crippen LogP contribution in [0.1, 0.15) is 104 Å². The highest BCUT2D eigenvalue weighted by molar-refractivity contribution is 5.74. The lowest BCUT2D eigenvalue weighted by Gasteiger charge is -2.10. The summed E-state index contributed by atoms with van der Waals surface area (Å²) in [5, 5.41) is 3.13. The maximum Gasteiger partial charge on any atom is 0.129 e. The number of rotatable bonds is 9. The van der Waals surface area contributed by atoms with Gasteiger partial charge in [0.2, 0.25) is 0 Å². The molecule has 174 valence electrons. The second-order valence-corrected chi connectivity index (χ2v) is 8.14. The normalized spacial score (nSPS) is 15.3. The summed E-state index contributed by atoms with van der Waals surface area (Å²) in [5.74, 6) is 1.35. The highest BCUT2D eigenvalue weighted by atomic mass is 16.1. The second kappa shape index (κ2) is 18.1. The lowest BCUT2D eigenvalue weighted by molar-refractivity contribution is -0.116. The molecule has 1 aromatic heterocycles. The van der Waals surface area contributed by atoms with Crippen LogP contribution in [0.2, 0.25) is 0 Å². The average Bonchev–Trinajstić information content (AvgIpc) is 3.49. The Labute approximate surface area is 186 Å². The van der Waals surface area contributed by atoms with Crippen LogP contribution in [0.15, 0.2) is 12.3 Å². The molecule has 0 bridgehead atoms. The molecule has 0 aliphatic heterocycles. The zero-order valence-electron chi connectivity index (χ0n) is 21.1. The van der Waals surface area contributed by atoms with Crippen LogP contribution in [0.5, 0.6) is 0 Å². The van der Waals surface area contributed by atoms with Gasteiger partial charge in [-0.05, 0) is 56.1 Å². The number of aromatic nitrogens is 1. The van der Waals surface area contributed by atoms with E-state index >= 15 is 0 Å². The Morgan fingerprint density at radius 1 is 1.17 bits per heavy atom. The van der Waals surface area contributed by atoms with Crippen molar-refractivity contribution in [1.29, 1.82) is 0 Å². The number of aryl methyl sites for hydroxylation is 2. The summed E-state index contributed by atoms with van der Waals surface area (Å²) in [7, 11) is 1.93. The number of nitrogens with one attached hydrogen (secondary N) is 1. The summed E-state index contributed by atoms with van der Waals surface area (Å²) in [6.07, 6.45) is 13.6. The van der Waals surface area contributed by atoms with Gasteiger partial charge in [0, 0.05) is 19.7 Å². The Morgan fingerprint density at radius 3 is 2.10 bits per heavy atom. The molecule has 0 saturated heterocycles. The zero-order chi connectivity index (χ0) is 23.6. The van der Waals surface area contributed by atoms with Gasteiger partial charge in [0.1, 0.15) is 12.6 Å². The Morgan fingerprint density at radius 2 is 1.73 bits per heavy atom. The molecule has 1 atom stereocenters. The molecule has 2 rings (SSSR count). The van der Waals surface area contributed by atoms with Gasteiger partial charge in [0.15, 0.2) is 0 Å². The van der Waals surface area contributed by atoms with Gasteiger partial charge in [0.25, 0.3) is 0 Å². The van der Waals surface area contributed by atoms with E-state index in [9.17, 15) is 4.79 Å². The third-order valence-electron chi connectivity index (χ3n) is 6.12. The molecular formula is C26H48N2O2. The van der Waals surface area contributed by atoms with Crippen LogP contribution in [0.25, 0.3) is 0 Å². The molecule has 1 aromatic rings. The summed E-state index contributed by atoms with van der Waals surface area (Å²) in [6.45, 7) is 16.6. The molecule has 1 aliphatic carbocycles. The lowest BCUT2D eigenvalue weighted by atomic mass is 9.95. The number of hydrogen-bond donors (Lipinski definition) is 1. The van der Waals surface area contributed by atoms with Crippen LogP contribution in [-0.4, -0.2) is 24.6 Å². The highest BCUT2D eigenvalue weighted by Gasteiger charge is 2.49. The van der Waals surface area contributed by atoms with E-state index < -0.39 is 0 Å². The number of carbonyl (C=O) groups excluding carboxylic acids is 2. The van der Waals surface area contributed by atoms with Crippen molar-refractivity contribution in [3.05, 3.63) is 23.5 Å². The van der Waals surface area contributed by atoms with E-state index in [2.05, 4.69) is 44.1 Å². The Kier molecular flexibility index (Phi) is 18.4. The first-order valence-corrected chi connectivity index (χ1v) is 11.7. The molecule has 0 aromatic carbocycles. The Balaban J connectivity index is 0. The summed E-state index contributed by atoms with van der Waals surface area (Å²) in [6, 6.07) is 2.17. The Hall–Kier alpha value is -1.71. The third kappa shape index (κ3) is 12.1. The van der Waals surface area contributed by atoms with Gasteiger partial charge in [-0.15, -0.1) is 0 Å². The molecular weight excluding hydrogens is 372 g/mol. The zero-order valence-corrected chi connectivity index (χ0v) is 21.1. The van der Waals surface area contributed by atoms with Crippen molar-refractivity contribution in [2.24, 2.45) is 11.3 Å². The van der Waals surface area contributed by atoms with Crippen molar-refractivity contribution < 1.29 is 9.59 Å². The predicted octanol–water partition coefficient (Wildman–Crippen LogP) is 7.19. The molecule has 1 unspecified atom stereocenters. The quantitative estimate of drug-likeness (QED) is 0.459. The van der Waals surface area contributed by atoms with Crippen LogP contribution in [0.4, 0.5) is 5.69 Å². The number of pyridine rings is 1. The minimum absolute atomic E-state index is 0.255. The number of nitrogens with zero attached hydrogens (tertiary/aromatic N) is 1. The molecule has 0 radical (unpaired) electrons. The van der Waals surface area contributed by atoms with Gasteiger partial charge in [-0.2, -0.15) is 0 Å². The number of Topliss-reactive ketones (excluding diaryl/α,β-unsaturated/α-hetero) is 1. The first-order chi connectivity index (χ1) is 14.3. The van der Waals surface area contributed by atoms with Crippen LogP contribution in [0, 0.1) is 18.3 Å². The minimum atomic E-state index is 0.255. The fourth-order valence-corrected chi connectivity index (χ4v) is 3.66. The molecule has 0 spiro atoms. The van der Waals surface area contributed by atoms with Gasteiger partial charge in [-0.1, -0.05) is 66.7 Å². The number of ketones is 1. The minimum Gasteiger partial charge on any atom is -0.387 e. The van der Waals surface area contributed by atoms with E-state index in [1.807, 2.05) is 33.9 Å². The Bertz CT molecular complexity index is 568. The summed E-state index contributed by atoms with van der Waals surface area (Å²) in [5.41, 5.74) is 4.32. The van der Waals surface area contributed by atoms with Crippen molar-refractivity contribution in [2.75, 3.05) is 12.4 Å². The molecule has 1 aliphatic rings. The standard InChI is InChI=1S/C11H22.C10H16N2.C4H8O.CH2O/c1-4-7-8-10-9-11(10,5-2)6-3;1-4-5-9-6-10(11-3)8(2)12-7-9;1-3-4(2)5;1-2/h10H,4-9H2,1-3H3;6-7,11H,4-5H2,1-3H3;3H2,1-2H3;1H2. The average molecular weight is 421 g/mol. The van der Waals surface area contributed by atoms with Gasteiger partial charge in [0.05, 0.1) is 11.4 Å². The number of carbonyl (C=O) groups is 2. The van der Waals surface area contributed by atoms with Crippen LogP contribution in [0.3, 0.4) is 0 Å². The fraction of sp³-hybridized carbons (Fsp3) is 0.731. The number of hydrogen-bond acceptors (Lipinski definition) is 4. The van der Waals surface area contributed by atoms with Gasteiger partial charge in [-0.3, -0.25) is 4.98 Å². The molecule has 1 fully saturated rings. The molecule has 1 saturated carbocycles. The topological polar surface area (TPSA) is 59.1 Å². The second-order valence-electron chi connectivity index (χ2n) is 8.14. The van der Waals surface area contributed by atoms with Crippen molar-refractivity contribution in [3.8, 4) is 0 Å². The first-order valence-electron chi connectivity index (χ1n) is 11.7. The van der Waals surface area contributed by atoms with Crippen molar-refractivity contribution >= 4 is 18.3 Å². The van der Waals surface area contributed by atoms with E-state index in [4.69, 9.17) is 4.79 Å². The van der Waals surface area contributed by atoms with Gasteiger partial charge >= 0.3 is 0 Å². The summed E-state index contributed by atoms with van der Waals surface area (Å²) >= 11 is 0. The monoisotopic (exact) mass is 420 g/mol. The van der Waals surface area contributed by atoms with E-state index in [-0.39, 0.29) is 5.78 Å². The summed E-state index contributed by atoms with van der Waals surface area (Å²) in [4.78, 5) is 22.1. The first kappa shape index (κ1) is 30.5. The van der Waals surface area contributed by atoms with Crippen LogP contribution in [-0.2, 0) is 16.0 Å². The number of anilines is 1. The maximum absolute atomic E-state index is 9.81. The SMILES string of the molecule is C=O.CCC(C)=O.CCCCC1CC1(CC)CC.CCCc1cnc(C)c(NC)c1. The van der Waals surface area contributed by atoms with Crippen molar-refractivity contribution in [3.63, 3.8) is 0 Å². The maximum atomic E-state index is 9.81. The molecule has 1 heterocycles. The number of unbranched alkanes of at least 4 members (excludes halogenated alkanes) is 1. The molecule has 4 nitrogen and oxygen atoms in total. The highest BCUT2D eigenvalue weighted by Crippen LogP contribution is 2.59. The molecule has 0 amide bonds. The van der Waals surface area contributed by atoms with E-state index in [1.54, 1.807) is 6.92 Å². The smallest absolute Gasteiger partial charge is 0.129 e. The fourth-order valence-electron chi connectivity index (χ4n) is 3.66. The van der Waals surface area contributed by atoms with Gasteiger partial charge in [-0.25, -0.2) is 0 Å². The third-order valence-corrected chi connectivity index (χ3v) is 6.12. The van der Waals surface area contributed by atoms with E-state index in [1.165, 1.54) is 50.5 Å². The predicted molar refractivity (Wildman–Crippen MR) is 131 cm³/mol. The lowest BCUT2D eigenvalue weighted by Crippen LogP contribution is -1.99. The van der Waals surface area contributed by atoms with Crippen LogP contribution >= 0.6 is 0 Å². The van der Waals surface area contributed by atoms with Crippen molar-refractivity contribution in [1.82, 2.24) is 4.98 Å². The largest absolute Gasteiger partial charge is 0.387 e. The van der Waals surface area contributed by atoms with E-state index in [0.29, 0.717) is 6.42 Å². The summed E-state index contributed by atoms with van der Waals surface area (Å²) < 4.78 is 0. The molecule has 1 N–H and O–H groups in total. The van der Waals surface area contributed by atoms with E-state index in [0.717, 1.165) is 29.1 Å². The van der Waals surface area contributed by atoms with Gasteiger partial charge < -0.3 is 14.9 Å². The molecule has 4 heteroatoms. The van der Waals surface area contributed by atoms with Crippen LogP contribution < -0.4 is 5.32 Å². The molecule has 30 heavy (non-hydrogen) atoms.